The molecule has 2 atom stereocenters. The highest BCUT2D eigenvalue weighted by Gasteiger charge is 2.22. The molecule has 0 aromatic carbocycles. The molecular formula is C13H20N4O2. The molecule has 0 spiro atoms. The second-order valence-corrected chi connectivity index (χ2v) is 4.48. The Balaban J connectivity index is 2.71. The highest BCUT2D eigenvalue weighted by molar-refractivity contribution is 6.05. The van der Waals surface area contributed by atoms with E-state index in [1.54, 1.807) is 12.1 Å². The molecule has 0 radical (unpaired) electrons. The number of nitrogens with zero attached hydrogens (tertiary/aromatic N) is 1. The Kier molecular flexibility index (Phi) is 5.59. The van der Waals surface area contributed by atoms with Crippen molar-refractivity contribution in [1.29, 1.82) is 0 Å². The van der Waals surface area contributed by atoms with Gasteiger partial charge in [0.15, 0.2) is 0 Å². The molecule has 1 rings (SSSR count). The summed E-state index contributed by atoms with van der Waals surface area (Å²) in [4.78, 5) is 27.5. The molecule has 6 nitrogen and oxygen atoms in total. The third-order valence-corrected chi connectivity index (χ3v) is 3.09. The minimum Gasteiger partial charge on any atom is -0.326 e. The van der Waals surface area contributed by atoms with Gasteiger partial charge in [0.2, 0.25) is 5.91 Å². The minimum atomic E-state index is -0.702. The molecule has 0 aliphatic carbocycles. The lowest BCUT2D eigenvalue weighted by molar-refractivity contribution is -0.122. The Bertz CT molecular complexity index is 462. The third kappa shape index (κ3) is 4.11. The fraction of sp³-hybridized carbons (Fsp3) is 0.462. The van der Waals surface area contributed by atoms with Crippen LogP contribution < -0.4 is 16.8 Å². The van der Waals surface area contributed by atoms with Crippen LogP contribution in [0.1, 0.15) is 36.3 Å². The van der Waals surface area contributed by atoms with Crippen LogP contribution in [-0.2, 0) is 11.3 Å². The first kappa shape index (κ1) is 15.3. The number of aromatic nitrogens is 1. The quantitative estimate of drug-likeness (QED) is 0.702. The normalized spacial score (nSPS) is 13.7. The van der Waals surface area contributed by atoms with Crippen molar-refractivity contribution in [2.24, 2.45) is 17.4 Å². The number of carbonyl (C=O) groups is 2. The summed E-state index contributed by atoms with van der Waals surface area (Å²) in [5.41, 5.74) is 12.2. The van der Waals surface area contributed by atoms with Crippen LogP contribution in [0.25, 0.3) is 0 Å². The molecular weight excluding hydrogens is 244 g/mol. The number of nitrogens with two attached hydrogens (primary N) is 2. The van der Waals surface area contributed by atoms with E-state index in [-0.39, 0.29) is 11.6 Å². The Morgan fingerprint density at radius 2 is 2.16 bits per heavy atom. The first-order valence-electron chi connectivity index (χ1n) is 6.25. The number of amides is 2. The van der Waals surface area contributed by atoms with Gasteiger partial charge in [-0.3, -0.25) is 19.9 Å². The maximum absolute atomic E-state index is 11.8. The van der Waals surface area contributed by atoms with Crippen molar-refractivity contribution in [3.05, 3.63) is 29.6 Å². The van der Waals surface area contributed by atoms with E-state index in [0.29, 0.717) is 6.54 Å². The molecule has 1 heterocycles. The van der Waals surface area contributed by atoms with Crippen LogP contribution in [0.2, 0.25) is 0 Å². The van der Waals surface area contributed by atoms with Crippen LogP contribution in [0.3, 0.4) is 0 Å². The minimum absolute atomic E-state index is 0.0103. The van der Waals surface area contributed by atoms with Gasteiger partial charge in [-0.2, -0.15) is 0 Å². The molecule has 104 valence electrons. The van der Waals surface area contributed by atoms with Crippen molar-refractivity contribution < 1.29 is 9.59 Å². The Labute approximate surface area is 112 Å². The maximum Gasteiger partial charge on any atom is 0.276 e. The van der Waals surface area contributed by atoms with E-state index < -0.39 is 17.9 Å². The van der Waals surface area contributed by atoms with Gasteiger partial charge in [0.25, 0.3) is 5.91 Å². The molecule has 0 bridgehead atoms. The lowest BCUT2D eigenvalue weighted by Gasteiger charge is -2.16. The molecule has 0 saturated heterocycles. The SMILES string of the molecule is CC[C@H](C)[C@H](N)C(=O)NC(=O)c1cc(CN)ccn1. The largest absolute Gasteiger partial charge is 0.326 e. The fourth-order valence-electron chi connectivity index (χ4n) is 1.50. The van der Waals surface area contributed by atoms with Crippen LogP contribution in [0.5, 0.6) is 0 Å². The summed E-state index contributed by atoms with van der Waals surface area (Å²) in [5, 5.41) is 2.26. The molecule has 0 saturated carbocycles. The van der Waals surface area contributed by atoms with E-state index in [9.17, 15) is 9.59 Å². The predicted molar refractivity (Wildman–Crippen MR) is 72.0 cm³/mol. The number of hydrogen-bond donors (Lipinski definition) is 3. The standard InChI is InChI=1S/C13H20N4O2/c1-3-8(2)11(15)13(19)17-12(18)10-6-9(7-14)4-5-16-10/h4-6,8,11H,3,7,14-15H2,1-2H3,(H,17,18,19)/t8-,11-/m0/s1. The summed E-state index contributed by atoms with van der Waals surface area (Å²) in [7, 11) is 0. The zero-order chi connectivity index (χ0) is 14.4. The zero-order valence-electron chi connectivity index (χ0n) is 11.2. The first-order valence-corrected chi connectivity index (χ1v) is 6.25. The molecule has 0 aliphatic rings. The lowest BCUT2D eigenvalue weighted by Crippen LogP contribution is -2.46. The summed E-state index contributed by atoms with van der Waals surface area (Å²) in [5.74, 6) is -1.03. The van der Waals surface area contributed by atoms with Crippen molar-refractivity contribution in [2.45, 2.75) is 32.9 Å². The van der Waals surface area contributed by atoms with E-state index in [2.05, 4.69) is 10.3 Å². The van der Waals surface area contributed by atoms with Crippen LogP contribution in [0, 0.1) is 5.92 Å². The molecule has 0 fully saturated rings. The van der Waals surface area contributed by atoms with Crippen molar-refractivity contribution in [3.63, 3.8) is 0 Å². The number of imide groups is 1. The van der Waals surface area contributed by atoms with Gasteiger partial charge >= 0.3 is 0 Å². The average molecular weight is 264 g/mol. The van der Waals surface area contributed by atoms with Crippen molar-refractivity contribution in [3.8, 4) is 0 Å². The van der Waals surface area contributed by atoms with E-state index in [4.69, 9.17) is 11.5 Å². The van der Waals surface area contributed by atoms with Gasteiger partial charge < -0.3 is 11.5 Å². The highest BCUT2D eigenvalue weighted by atomic mass is 16.2. The van der Waals surface area contributed by atoms with E-state index in [0.717, 1.165) is 12.0 Å². The van der Waals surface area contributed by atoms with Crippen LogP contribution >= 0.6 is 0 Å². The van der Waals surface area contributed by atoms with Gasteiger partial charge in [-0.05, 0) is 23.6 Å². The van der Waals surface area contributed by atoms with Gasteiger partial charge in [-0.25, -0.2) is 0 Å². The number of rotatable bonds is 5. The molecule has 2 amide bonds. The molecule has 19 heavy (non-hydrogen) atoms. The highest BCUT2D eigenvalue weighted by Crippen LogP contribution is 2.06. The number of carbonyl (C=O) groups excluding carboxylic acids is 2. The second kappa shape index (κ2) is 6.96. The molecule has 5 N–H and O–H groups in total. The summed E-state index contributed by atoms with van der Waals surface area (Å²) < 4.78 is 0. The molecule has 0 unspecified atom stereocenters. The maximum atomic E-state index is 11.8. The fourth-order valence-corrected chi connectivity index (χ4v) is 1.50. The summed E-state index contributed by atoms with van der Waals surface area (Å²) >= 11 is 0. The predicted octanol–water partition coefficient (Wildman–Crippen LogP) is 0.170. The lowest BCUT2D eigenvalue weighted by atomic mass is 9.99. The van der Waals surface area contributed by atoms with Crippen LogP contribution in [-0.4, -0.2) is 22.8 Å². The number of pyridine rings is 1. The smallest absolute Gasteiger partial charge is 0.276 e. The van der Waals surface area contributed by atoms with Crippen molar-refractivity contribution in [2.75, 3.05) is 0 Å². The van der Waals surface area contributed by atoms with Crippen LogP contribution in [0.4, 0.5) is 0 Å². The first-order chi connectivity index (χ1) is 8.99. The van der Waals surface area contributed by atoms with E-state index in [1.807, 2.05) is 13.8 Å². The van der Waals surface area contributed by atoms with Gasteiger partial charge in [0.1, 0.15) is 5.69 Å². The summed E-state index contributed by atoms with van der Waals surface area (Å²) in [6, 6.07) is 2.56. The molecule has 1 aromatic heterocycles. The monoisotopic (exact) mass is 264 g/mol. The zero-order valence-corrected chi connectivity index (χ0v) is 11.2. The Morgan fingerprint density at radius 3 is 2.74 bits per heavy atom. The van der Waals surface area contributed by atoms with Gasteiger partial charge in [0.05, 0.1) is 6.04 Å². The molecule has 0 aliphatic heterocycles. The average Bonchev–Trinajstić information content (AvgIpc) is 2.45. The molecule has 1 aromatic rings. The van der Waals surface area contributed by atoms with Gasteiger partial charge in [0, 0.05) is 12.7 Å². The van der Waals surface area contributed by atoms with E-state index in [1.165, 1.54) is 6.20 Å². The third-order valence-electron chi connectivity index (χ3n) is 3.09. The van der Waals surface area contributed by atoms with Crippen molar-refractivity contribution in [1.82, 2.24) is 10.3 Å². The van der Waals surface area contributed by atoms with Gasteiger partial charge in [-0.15, -0.1) is 0 Å². The number of hydrogen-bond acceptors (Lipinski definition) is 5. The topological polar surface area (TPSA) is 111 Å². The Morgan fingerprint density at radius 1 is 1.47 bits per heavy atom. The summed E-state index contributed by atoms with van der Waals surface area (Å²) in [6.07, 6.45) is 2.25. The van der Waals surface area contributed by atoms with Gasteiger partial charge in [-0.1, -0.05) is 20.3 Å². The Hall–Kier alpha value is -1.79. The van der Waals surface area contributed by atoms with Crippen molar-refractivity contribution >= 4 is 11.8 Å². The molecule has 6 heteroatoms. The van der Waals surface area contributed by atoms with Crippen LogP contribution in [0.15, 0.2) is 18.3 Å². The van der Waals surface area contributed by atoms with E-state index >= 15 is 0 Å². The number of nitrogens with one attached hydrogen (secondary N) is 1. The second-order valence-electron chi connectivity index (χ2n) is 4.48. The summed E-state index contributed by atoms with van der Waals surface area (Å²) in [6.45, 7) is 4.11.